The lowest BCUT2D eigenvalue weighted by Crippen LogP contribution is -2.58. The molecular weight excluding hydrogens is 484 g/mol. The number of thiol groups is 1. The maximum absolute atomic E-state index is 13.0. The Morgan fingerprint density at radius 3 is 1.91 bits per heavy atom. The van der Waals surface area contributed by atoms with Gasteiger partial charge in [0.15, 0.2) is 0 Å². The Morgan fingerprint density at radius 1 is 0.914 bits per heavy atom. The largest absolute Gasteiger partial charge is 0.480 e. The molecule has 1 rings (SSSR count). The summed E-state index contributed by atoms with van der Waals surface area (Å²) in [5, 5.41) is 16.4. The van der Waals surface area contributed by atoms with E-state index in [1.54, 1.807) is 0 Å². The quantitative estimate of drug-likeness (QED) is 0.0980. The molecule has 194 valence electrons. The molecule has 5 amide bonds. The molecule has 0 fully saturated rings. The molecule has 0 saturated heterocycles. The molecule has 15 nitrogen and oxygen atoms in total. The first-order chi connectivity index (χ1) is 16.4. The molecule has 4 atom stereocenters. The van der Waals surface area contributed by atoms with Crippen LogP contribution in [0.3, 0.4) is 0 Å². The number of aliphatic carboxylic acids is 1. The number of H-pyrrole nitrogens is 1. The first-order valence-electron chi connectivity index (χ1n) is 10.5. The second-order valence-electron chi connectivity index (χ2n) is 7.60. The second kappa shape index (κ2) is 14.6. The smallest absolute Gasteiger partial charge is 0.326 e. The Kier molecular flexibility index (Phi) is 12.2. The van der Waals surface area contributed by atoms with Gasteiger partial charge in [0.25, 0.3) is 0 Å². The van der Waals surface area contributed by atoms with Crippen molar-refractivity contribution in [2.45, 2.75) is 56.3 Å². The fraction of sp³-hybridized carbons (Fsp3) is 0.526. The summed E-state index contributed by atoms with van der Waals surface area (Å²) in [6.45, 7) is 0. The van der Waals surface area contributed by atoms with Crippen LogP contribution in [0, 0.1) is 0 Å². The van der Waals surface area contributed by atoms with Crippen LogP contribution in [0.1, 0.15) is 31.4 Å². The van der Waals surface area contributed by atoms with Crippen molar-refractivity contribution in [1.82, 2.24) is 25.9 Å². The number of nitrogens with two attached hydrogens (primary N) is 3. The number of primary amides is 2. The highest BCUT2D eigenvalue weighted by molar-refractivity contribution is 7.80. The third-order valence-electron chi connectivity index (χ3n) is 4.75. The minimum Gasteiger partial charge on any atom is -0.480 e. The van der Waals surface area contributed by atoms with Crippen molar-refractivity contribution in [2.24, 2.45) is 17.2 Å². The third kappa shape index (κ3) is 10.9. The van der Waals surface area contributed by atoms with E-state index in [0.29, 0.717) is 5.69 Å². The van der Waals surface area contributed by atoms with E-state index in [2.05, 4.69) is 38.5 Å². The van der Waals surface area contributed by atoms with Crippen LogP contribution in [0.2, 0.25) is 0 Å². The molecule has 0 bridgehead atoms. The molecule has 0 aromatic carbocycles. The van der Waals surface area contributed by atoms with E-state index in [9.17, 15) is 33.9 Å². The number of carbonyl (C=O) groups is 6. The van der Waals surface area contributed by atoms with Crippen LogP contribution in [0.5, 0.6) is 0 Å². The van der Waals surface area contributed by atoms with Crippen LogP contribution in [0.15, 0.2) is 12.5 Å². The van der Waals surface area contributed by atoms with Gasteiger partial charge >= 0.3 is 5.97 Å². The molecule has 0 spiro atoms. The summed E-state index contributed by atoms with van der Waals surface area (Å²) in [4.78, 5) is 78.4. The fourth-order valence-corrected chi connectivity index (χ4v) is 3.00. The molecule has 16 heteroatoms. The minimum atomic E-state index is -1.48. The van der Waals surface area contributed by atoms with Crippen molar-refractivity contribution in [3.8, 4) is 0 Å². The maximum atomic E-state index is 13.0. The molecule has 35 heavy (non-hydrogen) atoms. The molecule has 0 aliphatic carbocycles. The number of rotatable bonds is 16. The molecule has 0 aliphatic heterocycles. The molecule has 11 N–H and O–H groups in total. The Hall–Kier alpha value is -3.66. The lowest BCUT2D eigenvalue weighted by Gasteiger charge is -2.24. The highest BCUT2D eigenvalue weighted by Crippen LogP contribution is 2.05. The van der Waals surface area contributed by atoms with E-state index < -0.39 is 59.7 Å². The summed E-state index contributed by atoms with van der Waals surface area (Å²) >= 11 is 3.95. The predicted octanol–water partition coefficient (Wildman–Crippen LogP) is -3.72. The summed E-state index contributed by atoms with van der Waals surface area (Å²) in [5.74, 6) is -5.36. The molecule has 4 unspecified atom stereocenters. The Bertz CT molecular complexity index is 911. The van der Waals surface area contributed by atoms with E-state index in [1.807, 2.05) is 0 Å². The number of carbonyl (C=O) groups excluding carboxylic acids is 5. The molecule has 1 aromatic heterocycles. The van der Waals surface area contributed by atoms with Gasteiger partial charge in [-0.3, -0.25) is 24.0 Å². The number of hydrogen-bond donors (Lipinski definition) is 9. The van der Waals surface area contributed by atoms with Gasteiger partial charge in [0, 0.05) is 36.9 Å². The second-order valence-corrected chi connectivity index (χ2v) is 7.97. The highest BCUT2D eigenvalue weighted by atomic mass is 32.1. The number of nitrogens with one attached hydrogen (secondary N) is 4. The molecule has 0 radical (unpaired) electrons. The standard InChI is InChI=1S/C19H30N8O7S/c20-10(7-35)16(30)27-13(5-9-6-23-8-24-9)18(32)25-11(1-3-14(21)28)17(31)26-12(19(33)34)2-4-15(22)29/h6,8,10-13,35H,1-5,7,20H2,(H2,21,28)(H2,22,29)(H,23,24)(H,25,32)(H,26,31)(H,27,30)(H,33,34). The van der Waals surface area contributed by atoms with E-state index in [1.165, 1.54) is 12.5 Å². The lowest BCUT2D eigenvalue weighted by atomic mass is 10.1. The minimum absolute atomic E-state index is 0.00967. The molecule has 0 aliphatic rings. The first kappa shape index (κ1) is 29.4. The Morgan fingerprint density at radius 2 is 1.43 bits per heavy atom. The number of carboxylic acid groups (broad SMARTS) is 1. The van der Waals surface area contributed by atoms with Crippen LogP contribution in [-0.2, 0) is 35.2 Å². The van der Waals surface area contributed by atoms with Crippen LogP contribution >= 0.6 is 12.6 Å². The van der Waals surface area contributed by atoms with E-state index in [-0.39, 0.29) is 37.9 Å². The molecule has 0 saturated carbocycles. The van der Waals surface area contributed by atoms with Crippen molar-refractivity contribution in [2.75, 3.05) is 5.75 Å². The van der Waals surface area contributed by atoms with Gasteiger partial charge in [-0.2, -0.15) is 12.6 Å². The predicted molar refractivity (Wildman–Crippen MR) is 124 cm³/mol. The van der Waals surface area contributed by atoms with Crippen LogP contribution in [-0.4, -0.2) is 80.5 Å². The van der Waals surface area contributed by atoms with E-state index in [0.717, 1.165) is 0 Å². The van der Waals surface area contributed by atoms with Crippen LogP contribution in [0.25, 0.3) is 0 Å². The number of carboxylic acids is 1. The summed E-state index contributed by atoms with van der Waals surface area (Å²) in [7, 11) is 0. The van der Waals surface area contributed by atoms with Crippen LogP contribution in [0.4, 0.5) is 0 Å². The van der Waals surface area contributed by atoms with E-state index in [4.69, 9.17) is 17.2 Å². The first-order valence-corrected chi connectivity index (χ1v) is 11.1. The average molecular weight is 515 g/mol. The summed E-state index contributed by atoms with van der Waals surface area (Å²) in [5.41, 5.74) is 16.3. The topological polar surface area (TPSA) is 265 Å². The van der Waals surface area contributed by atoms with Gasteiger partial charge in [-0.1, -0.05) is 0 Å². The summed E-state index contributed by atoms with van der Waals surface area (Å²) in [6.07, 6.45) is 1.60. The fourth-order valence-electron chi connectivity index (χ4n) is 2.83. The third-order valence-corrected chi connectivity index (χ3v) is 5.15. The Labute approximate surface area is 205 Å². The molecule has 1 heterocycles. The van der Waals surface area contributed by atoms with Gasteiger partial charge in [0.2, 0.25) is 29.5 Å². The zero-order valence-corrected chi connectivity index (χ0v) is 19.6. The normalized spacial score (nSPS) is 14.1. The van der Waals surface area contributed by atoms with Gasteiger partial charge in [-0.15, -0.1) is 0 Å². The Balaban J connectivity index is 3.05. The maximum Gasteiger partial charge on any atom is 0.326 e. The SMILES string of the molecule is NC(=O)CCC(NC(=O)C(CCC(N)=O)NC(=O)C(Cc1cnc[nH]1)NC(=O)C(N)CS)C(=O)O. The van der Waals surface area contributed by atoms with Crippen molar-refractivity contribution in [1.29, 1.82) is 0 Å². The van der Waals surface area contributed by atoms with Gasteiger partial charge in [0.05, 0.1) is 12.4 Å². The molecular formula is C19H30N8O7S. The highest BCUT2D eigenvalue weighted by Gasteiger charge is 2.31. The van der Waals surface area contributed by atoms with Crippen molar-refractivity contribution >= 4 is 48.1 Å². The van der Waals surface area contributed by atoms with Gasteiger partial charge in [-0.25, -0.2) is 9.78 Å². The summed E-state index contributed by atoms with van der Waals surface area (Å²) < 4.78 is 0. The zero-order chi connectivity index (χ0) is 26.5. The van der Waals surface area contributed by atoms with Crippen LogP contribution < -0.4 is 33.2 Å². The molecule has 1 aromatic rings. The monoisotopic (exact) mass is 514 g/mol. The van der Waals surface area contributed by atoms with Crippen molar-refractivity contribution in [3.63, 3.8) is 0 Å². The van der Waals surface area contributed by atoms with Crippen molar-refractivity contribution in [3.05, 3.63) is 18.2 Å². The lowest BCUT2D eigenvalue weighted by molar-refractivity contribution is -0.142. The van der Waals surface area contributed by atoms with Crippen molar-refractivity contribution < 1.29 is 33.9 Å². The van der Waals surface area contributed by atoms with E-state index >= 15 is 0 Å². The number of imidazole rings is 1. The number of aromatic nitrogens is 2. The van der Waals surface area contributed by atoms with Gasteiger partial charge in [0.1, 0.15) is 18.1 Å². The number of nitrogens with zero attached hydrogens (tertiary/aromatic N) is 1. The van der Waals surface area contributed by atoms with Gasteiger partial charge < -0.3 is 43.2 Å². The number of hydrogen-bond acceptors (Lipinski definition) is 9. The van der Waals surface area contributed by atoms with Gasteiger partial charge in [-0.05, 0) is 12.8 Å². The zero-order valence-electron chi connectivity index (χ0n) is 18.7. The number of amides is 5. The number of aromatic amines is 1. The average Bonchev–Trinajstić information content (AvgIpc) is 3.30. The summed E-state index contributed by atoms with van der Waals surface area (Å²) in [6, 6.07) is -5.07.